The second-order valence-corrected chi connectivity index (χ2v) is 10.4. The molecule has 1 heterocycles. The fraction of sp³-hybridized carbons (Fsp3) is 0.276. The van der Waals surface area contributed by atoms with E-state index >= 15 is 0 Å². The van der Waals surface area contributed by atoms with E-state index in [1.54, 1.807) is 12.1 Å². The van der Waals surface area contributed by atoms with E-state index in [1.165, 1.54) is 7.11 Å². The molecule has 0 aromatic heterocycles. The molecule has 0 spiro atoms. The van der Waals surface area contributed by atoms with Crippen LogP contribution in [-0.2, 0) is 9.53 Å². The van der Waals surface area contributed by atoms with Crippen LogP contribution in [0, 0.1) is 5.92 Å². The van der Waals surface area contributed by atoms with Gasteiger partial charge in [-0.05, 0) is 54.8 Å². The molecule has 0 amide bonds. The van der Waals surface area contributed by atoms with Gasteiger partial charge >= 0.3 is 5.97 Å². The number of hydrogen-bond acceptors (Lipinski definition) is 4. The van der Waals surface area contributed by atoms with Crippen LogP contribution in [0.5, 0.6) is 11.5 Å². The van der Waals surface area contributed by atoms with E-state index in [2.05, 4.69) is 6.58 Å². The van der Waals surface area contributed by atoms with Crippen LogP contribution in [-0.4, -0.2) is 24.8 Å². The van der Waals surface area contributed by atoms with Gasteiger partial charge in [0.1, 0.15) is 0 Å². The highest BCUT2D eigenvalue weighted by molar-refractivity contribution is 6.31. The van der Waals surface area contributed by atoms with E-state index in [0.29, 0.717) is 32.8 Å². The lowest BCUT2D eigenvalue weighted by molar-refractivity contribution is -0.139. The molecule has 1 aliphatic heterocycles. The minimum Gasteiger partial charge on any atom is -0.493 e. The van der Waals surface area contributed by atoms with Crippen molar-refractivity contribution in [3.8, 4) is 11.5 Å². The Bertz CT molecular complexity index is 1270. The molecule has 37 heavy (non-hydrogen) atoms. The molecule has 3 aromatic rings. The maximum Gasteiger partial charge on any atom is 0.341 e. The molecular formula is C29H27Cl3O5. The number of carbonyl (C=O) groups is 1. The third-order valence-corrected chi connectivity index (χ3v) is 7.30. The fourth-order valence-electron chi connectivity index (χ4n) is 4.84. The molecule has 3 aromatic carbocycles. The normalized spacial score (nSPS) is 21.3. The Morgan fingerprint density at radius 2 is 1.57 bits per heavy atom. The van der Waals surface area contributed by atoms with Crippen molar-refractivity contribution in [1.82, 2.24) is 0 Å². The van der Waals surface area contributed by atoms with Crippen molar-refractivity contribution in [3.05, 3.63) is 105 Å². The maximum absolute atomic E-state index is 11.3. The molecule has 4 atom stereocenters. The molecule has 1 saturated heterocycles. The van der Waals surface area contributed by atoms with Gasteiger partial charge in [0.05, 0.1) is 19.3 Å². The van der Waals surface area contributed by atoms with Crippen LogP contribution < -0.4 is 9.47 Å². The third kappa shape index (κ3) is 6.24. The summed E-state index contributed by atoms with van der Waals surface area (Å²) in [5.74, 6) is -0.632. The van der Waals surface area contributed by atoms with E-state index in [-0.39, 0.29) is 23.7 Å². The second kappa shape index (κ2) is 11.8. The number of benzene rings is 3. The molecule has 194 valence electrons. The van der Waals surface area contributed by atoms with Crippen LogP contribution in [0.2, 0.25) is 15.1 Å². The van der Waals surface area contributed by atoms with Gasteiger partial charge < -0.3 is 19.3 Å². The average Bonchev–Trinajstić information content (AvgIpc) is 2.87. The van der Waals surface area contributed by atoms with Crippen LogP contribution >= 0.6 is 34.8 Å². The van der Waals surface area contributed by atoms with Gasteiger partial charge in [0.15, 0.2) is 18.1 Å². The van der Waals surface area contributed by atoms with Crippen LogP contribution in [0.4, 0.5) is 0 Å². The second-order valence-electron chi connectivity index (χ2n) is 9.08. The van der Waals surface area contributed by atoms with Gasteiger partial charge in [0.25, 0.3) is 0 Å². The van der Waals surface area contributed by atoms with Gasteiger partial charge in [-0.15, -0.1) is 0 Å². The van der Waals surface area contributed by atoms with Crippen molar-refractivity contribution in [2.24, 2.45) is 5.92 Å². The van der Waals surface area contributed by atoms with E-state index in [9.17, 15) is 9.90 Å². The quantitative estimate of drug-likeness (QED) is 0.280. The van der Waals surface area contributed by atoms with E-state index in [1.807, 2.05) is 55.5 Å². The minimum atomic E-state index is -1.11. The predicted octanol–water partition coefficient (Wildman–Crippen LogP) is 8.30. The van der Waals surface area contributed by atoms with Gasteiger partial charge in [-0.3, -0.25) is 0 Å². The Kier molecular flexibility index (Phi) is 8.71. The Morgan fingerprint density at radius 3 is 2.11 bits per heavy atom. The van der Waals surface area contributed by atoms with Crippen molar-refractivity contribution in [2.45, 2.75) is 31.5 Å². The average molecular weight is 562 g/mol. The van der Waals surface area contributed by atoms with E-state index in [4.69, 9.17) is 49.0 Å². The lowest BCUT2D eigenvalue weighted by Crippen LogP contribution is -2.32. The number of methoxy groups -OCH3 is 1. The van der Waals surface area contributed by atoms with Crippen molar-refractivity contribution in [3.63, 3.8) is 0 Å². The minimum absolute atomic E-state index is 0.0131. The van der Waals surface area contributed by atoms with Gasteiger partial charge in [-0.1, -0.05) is 71.2 Å². The lowest BCUT2D eigenvalue weighted by atomic mass is 9.74. The number of halogens is 3. The topological polar surface area (TPSA) is 65.0 Å². The van der Waals surface area contributed by atoms with Gasteiger partial charge in [0.2, 0.25) is 0 Å². The summed E-state index contributed by atoms with van der Waals surface area (Å²) in [5.41, 5.74) is 3.56. The molecule has 5 nitrogen and oxygen atoms in total. The standard InChI is InChI=1S/C29H27Cl3O5/c1-16(2)22-14-23(17-4-8-19(30)9-5-17)27(18-6-10-20(31)11-7-18)37-28(22)24-12-21(32)13-25(35-3)29(24)36-15-26(33)34/h4-13,22-23,27-28H,1,14-15H2,2-3H3,(H,33,34)/t22-,23-,27+,28+/m1/s1. The number of hydrogen-bond donors (Lipinski definition) is 1. The maximum atomic E-state index is 11.3. The summed E-state index contributed by atoms with van der Waals surface area (Å²) in [6.45, 7) is 5.68. The van der Waals surface area contributed by atoms with E-state index < -0.39 is 18.7 Å². The third-order valence-electron chi connectivity index (χ3n) is 6.58. The molecule has 1 aliphatic rings. The Hall–Kier alpha value is -2.70. The summed E-state index contributed by atoms with van der Waals surface area (Å²) < 4.78 is 18.1. The van der Waals surface area contributed by atoms with Crippen LogP contribution in [0.1, 0.15) is 48.2 Å². The van der Waals surface area contributed by atoms with Gasteiger partial charge in [-0.25, -0.2) is 4.79 Å². The Labute approximate surface area is 231 Å². The SMILES string of the molecule is C=C(C)[C@H]1C[C@H](c2ccc(Cl)cc2)[C@H](c2ccc(Cl)cc2)O[C@@H]1c1cc(Cl)cc(OC)c1OCC(=O)O. The summed E-state index contributed by atoms with van der Waals surface area (Å²) in [4.78, 5) is 11.3. The molecule has 0 unspecified atom stereocenters. The zero-order valence-corrected chi connectivity index (χ0v) is 22.7. The summed E-state index contributed by atoms with van der Waals surface area (Å²) in [6, 6.07) is 18.7. The van der Waals surface area contributed by atoms with Gasteiger partial charge in [-0.2, -0.15) is 0 Å². The van der Waals surface area contributed by atoms with Crippen LogP contribution in [0.15, 0.2) is 72.8 Å². The first-order valence-electron chi connectivity index (χ1n) is 11.7. The predicted molar refractivity (Wildman–Crippen MR) is 146 cm³/mol. The highest BCUT2D eigenvalue weighted by Gasteiger charge is 2.42. The van der Waals surface area contributed by atoms with Crippen molar-refractivity contribution < 1.29 is 24.1 Å². The molecule has 8 heteroatoms. The zero-order valence-electron chi connectivity index (χ0n) is 20.4. The monoisotopic (exact) mass is 560 g/mol. The molecule has 0 aliphatic carbocycles. The molecule has 1 N–H and O–H groups in total. The molecule has 0 bridgehead atoms. The first kappa shape index (κ1) is 27.3. The summed E-state index contributed by atoms with van der Waals surface area (Å²) >= 11 is 18.8. The summed E-state index contributed by atoms with van der Waals surface area (Å²) in [6.07, 6.45) is -0.170. The highest BCUT2D eigenvalue weighted by atomic mass is 35.5. The lowest BCUT2D eigenvalue weighted by Gasteiger charge is -2.43. The first-order valence-corrected chi connectivity index (χ1v) is 12.8. The number of carboxylic acid groups (broad SMARTS) is 1. The zero-order chi connectivity index (χ0) is 26.7. The Morgan fingerprint density at radius 1 is 0.973 bits per heavy atom. The largest absolute Gasteiger partial charge is 0.493 e. The Balaban J connectivity index is 1.85. The van der Waals surface area contributed by atoms with Gasteiger partial charge in [0, 0.05) is 38.5 Å². The number of ether oxygens (including phenoxy) is 3. The highest BCUT2D eigenvalue weighted by Crippen LogP contribution is 2.54. The van der Waals surface area contributed by atoms with Crippen molar-refractivity contribution in [1.29, 1.82) is 0 Å². The summed E-state index contributed by atoms with van der Waals surface area (Å²) in [5, 5.41) is 11.0. The molecule has 4 rings (SSSR count). The number of aliphatic carboxylic acids is 1. The molecule has 0 radical (unpaired) electrons. The van der Waals surface area contributed by atoms with Crippen molar-refractivity contribution >= 4 is 40.8 Å². The molecular weight excluding hydrogens is 535 g/mol. The number of rotatable bonds is 8. The molecule has 0 saturated carbocycles. The molecule has 1 fully saturated rings. The number of carboxylic acids is 1. The van der Waals surface area contributed by atoms with Crippen LogP contribution in [0.3, 0.4) is 0 Å². The smallest absolute Gasteiger partial charge is 0.341 e. The fourth-order valence-corrected chi connectivity index (χ4v) is 5.31. The summed E-state index contributed by atoms with van der Waals surface area (Å²) in [7, 11) is 1.48. The van der Waals surface area contributed by atoms with Crippen molar-refractivity contribution in [2.75, 3.05) is 13.7 Å². The van der Waals surface area contributed by atoms with Crippen LogP contribution in [0.25, 0.3) is 0 Å². The first-order chi connectivity index (χ1) is 17.7. The van der Waals surface area contributed by atoms with E-state index in [0.717, 1.165) is 16.7 Å².